The summed E-state index contributed by atoms with van der Waals surface area (Å²) in [6.45, 7) is 4.71. The van der Waals surface area contributed by atoms with Crippen LogP contribution in [0.25, 0.3) is 0 Å². The van der Waals surface area contributed by atoms with E-state index in [1.165, 1.54) is 28.6 Å². The number of hydrogen-bond donors (Lipinski definition) is 1. The maximum absolute atomic E-state index is 12.8. The van der Waals surface area contributed by atoms with Crippen molar-refractivity contribution in [3.05, 3.63) is 59.2 Å². The molecule has 1 N–H and O–H groups in total. The summed E-state index contributed by atoms with van der Waals surface area (Å²) in [5, 5.41) is 2.84. The molecule has 2 aromatic rings. The van der Waals surface area contributed by atoms with Crippen LogP contribution in [0.4, 0.5) is 5.69 Å². The van der Waals surface area contributed by atoms with Crippen molar-refractivity contribution in [3.8, 4) is 0 Å². The van der Waals surface area contributed by atoms with E-state index >= 15 is 0 Å². The number of morpholine rings is 1. The van der Waals surface area contributed by atoms with E-state index in [0.717, 1.165) is 29.7 Å². The molecule has 1 amide bonds. The Morgan fingerprint density at radius 1 is 1.03 bits per heavy atom. The Morgan fingerprint density at radius 2 is 1.66 bits per heavy atom. The van der Waals surface area contributed by atoms with Crippen LogP contribution in [0.5, 0.6) is 0 Å². The number of nitrogens with zero attached hydrogens (tertiary/aromatic N) is 1. The van der Waals surface area contributed by atoms with Crippen LogP contribution in [-0.2, 0) is 37.1 Å². The largest absolute Gasteiger partial charge is 0.452 e. The molecule has 1 aliphatic heterocycles. The molecule has 3 rings (SSSR count). The highest BCUT2D eigenvalue weighted by atomic mass is 32.2. The van der Waals surface area contributed by atoms with Gasteiger partial charge in [-0.05, 0) is 42.2 Å². The predicted octanol–water partition coefficient (Wildman–Crippen LogP) is 2.63. The highest BCUT2D eigenvalue weighted by molar-refractivity contribution is 7.89. The Kier molecular flexibility index (Phi) is 8.00. The first-order valence-corrected chi connectivity index (χ1v) is 12.1. The number of benzene rings is 2. The molecule has 0 saturated carbocycles. The average Bonchev–Trinajstić information content (AvgIpc) is 2.83. The van der Waals surface area contributed by atoms with Crippen molar-refractivity contribution in [2.75, 3.05) is 38.2 Å². The minimum absolute atomic E-state index is 0.00256. The van der Waals surface area contributed by atoms with E-state index in [4.69, 9.17) is 9.47 Å². The monoisotopic (exact) mass is 460 g/mol. The third-order valence-electron chi connectivity index (χ3n) is 5.28. The molecule has 0 atom stereocenters. The molecule has 172 valence electrons. The van der Waals surface area contributed by atoms with Gasteiger partial charge in [0.1, 0.15) is 0 Å². The lowest BCUT2D eigenvalue weighted by molar-refractivity contribution is -0.119. The molecule has 32 heavy (non-hydrogen) atoms. The molecule has 0 spiro atoms. The number of hydrogen-bond acceptors (Lipinski definition) is 6. The van der Waals surface area contributed by atoms with Gasteiger partial charge in [-0.3, -0.25) is 4.79 Å². The Labute approximate surface area is 188 Å². The third kappa shape index (κ3) is 5.53. The van der Waals surface area contributed by atoms with Gasteiger partial charge in [0.05, 0.1) is 23.7 Å². The van der Waals surface area contributed by atoms with E-state index in [2.05, 4.69) is 5.32 Å². The molecular weight excluding hydrogens is 432 g/mol. The molecule has 1 aliphatic rings. The Balaban J connectivity index is 1.66. The molecule has 0 radical (unpaired) electrons. The summed E-state index contributed by atoms with van der Waals surface area (Å²) in [5.41, 5.74) is 2.82. The molecule has 8 nitrogen and oxygen atoms in total. The van der Waals surface area contributed by atoms with Gasteiger partial charge in [0.2, 0.25) is 10.0 Å². The van der Waals surface area contributed by atoms with E-state index in [9.17, 15) is 18.0 Å². The van der Waals surface area contributed by atoms with Gasteiger partial charge in [-0.25, -0.2) is 13.2 Å². The van der Waals surface area contributed by atoms with Crippen LogP contribution >= 0.6 is 0 Å². The zero-order valence-electron chi connectivity index (χ0n) is 18.3. The van der Waals surface area contributed by atoms with Crippen molar-refractivity contribution in [2.45, 2.75) is 31.6 Å². The van der Waals surface area contributed by atoms with Gasteiger partial charge in [0, 0.05) is 18.8 Å². The summed E-state index contributed by atoms with van der Waals surface area (Å²) in [6, 6.07) is 11.5. The second-order valence-corrected chi connectivity index (χ2v) is 9.26. The number of rotatable bonds is 8. The lowest BCUT2D eigenvalue weighted by Gasteiger charge is -2.26. The number of aryl methyl sites for hydroxylation is 2. The molecule has 0 aromatic heterocycles. The standard InChI is InChI=1S/C23H28N2O6S/c1-3-17-7-5-8-18(4-2)22(17)24-21(26)16-31-23(27)19-9-6-10-20(15-19)32(28,29)25-11-13-30-14-12-25/h5-10,15H,3-4,11-14,16H2,1-2H3,(H,24,26). The van der Waals surface area contributed by atoms with Gasteiger partial charge in [-0.15, -0.1) is 0 Å². The topological polar surface area (TPSA) is 102 Å². The summed E-state index contributed by atoms with van der Waals surface area (Å²) in [5.74, 6) is -1.22. The zero-order chi connectivity index (χ0) is 23.1. The molecule has 1 saturated heterocycles. The van der Waals surface area contributed by atoms with Crippen LogP contribution in [0.1, 0.15) is 35.3 Å². The molecule has 0 bridgehead atoms. The molecular formula is C23H28N2O6S. The molecule has 9 heteroatoms. The lowest BCUT2D eigenvalue weighted by Crippen LogP contribution is -2.40. The number of ether oxygens (including phenoxy) is 2. The average molecular weight is 461 g/mol. The van der Waals surface area contributed by atoms with E-state index in [1.807, 2.05) is 32.0 Å². The number of carbonyl (C=O) groups is 2. The summed E-state index contributed by atoms with van der Waals surface area (Å²) >= 11 is 0. The maximum atomic E-state index is 12.8. The molecule has 1 heterocycles. The fourth-order valence-electron chi connectivity index (χ4n) is 3.51. The van der Waals surface area contributed by atoms with E-state index in [1.54, 1.807) is 0 Å². The van der Waals surface area contributed by atoms with Crippen molar-refractivity contribution < 1.29 is 27.5 Å². The summed E-state index contributed by atoms with van der Waals surface area (Å²) in [7, 11) is -3.74. The van der Waals surface area contributed by atoms with E-state index in [0.29, 0.717) is 13.2 Å². The molecule has 2 aromatic carbocycles. The van der Waals surface area contributed by atoms with Gasteiger partial charge >= 0.3 is 5.97 Å². The molecule has 1 fully saturated rings. The fraction of sp³-hybridized carbons (Fsp3) is 0.391. The third-order valence-corrected chi connectivity index (χ3v) is 7.17. The number of sulfonamides is 1. The van der Waals surface area contributed by atoms with Crippen LogP contribution in [-0.4, -0.2) is 57.5 Å². The van der Waals surface area contributed by atoms with E-state index < -0.39 is 28.5 Å². The van der Waals surface area contributed by atoms with Crippen LogP contribution in [0.3, 0.4) is 0 Å². The van der Waals surface area contributed by atoms with Gasteiger partial charge in [0.25, 0.3) is 5.91 Å². The summed E-state index contributed by atoms with van der Waals surface area (Å²) < 4.78 is 37.3. The highest BCUT2D eigenvalue weighted by Gasteiger charge is 2.27. The maximum Gasteiger partial charge on any atom is 0.338 e. The van der Waals surface area contributed by atoms with Crippen molar-refractivity contribution in [2.24, 2.45) is 0 Å². The van der Waals surface area contributed by atoms with Crippen LogP contribution in [0.15, 0.2) is 47.4 Å². The number of anilines is 1. The van der Waals surface area contributed by atoms with Crippen molar-refractivity contribution in [3.63, 3.8) is 0 Å². The minimum atomic E-state index is -3.74. The number of nitrogens with one attached hydrogen (secondary N) is 1. The number of para-hydroxylation sites is 1. The SMILES string of the molecule is CCc1cccc(CC)c1NC(=O)COC(=O)c1cccc(S(=O)(=O)N2CCOCC2)c1. The quantitative estimate of drug-likeness (QED) is 0.608. The normalized spacial score (nSPS) is 14.7. The van der Waals surface area contributed by atoms with Crippen molar-refractivity contribution >= 4 is 27.6 Å². The first-order valence-electron chi connectivity index (χ1n) is 10.6. The van der Waals surface area contributed by atoms with Crippen LogP contribution in [0, 0.1) is 0 Å². The van der Waals surface area contributed by atoms with Crippen LogP contribution < -0.4 is 5.32 Å². The second kappa shape index (κ2) is 10.7. The highest BCUT2D eigenvalue weighted by Crippen LogP contribution is 2.23. The van der Waals surface area contributed by atoms with Crippen molar-refractivity contribution in [1.29, 1.82) is 0 Å². The Morgan fingerprint density at radius 3 is 2.28 bits per heavy atom. The number of amides is 1. The number of carbonyl (C=O) groups excluding carboxylic acids is 2. The second-order valence-electron chi connectivity index (χ2n) is 7.33. The molecule has 0 aliphatic carbocycles. The van der Waals surface area contributed by atoms with Crippen molar-refractivity contribution in [1.82, 2.24) is 4.31 Å². The lowest BCUT2D eigenvalue weighted by atomic mass is 10.0. The first kappa shape index (κ1) is 23.9. The summed E-state index contributed by atoms with van der Waals surface area (Å²) in [6.07, 6.45) is 1.52. The zero-order valence-corrected chi connectivity index (χ0v) is 19.1. The Bertz CT molecular complexity index is 1060. The van der Waals surface area contributed by atoms with Gasteiger partial charge < -0.3 is 14.8 Å². The molecule has 0 unspecified atom stereocenters. The van der Waals surface area contributed by atoms with Gasteiger partial charge in [-0.2, -0.15) is 4.31 Å². The smallest absolute Gasteiger partial charge is 0.338 e. The fourth-order valence-corrected chi connectivity index (χ4v) is 4.97. The predicted molar refractivity (Wildman–Crippen MR) is 120 cm³/mol. The van der Waals surface area contributed by atoms with Gasteiger partial charge in [0.15, 0.2) is 6.61 Å². The van der Waals surface area contributed by atoms with Crippen LogP contribution in [0.2, 0.25) is 0 Å². The number of esters is 1. The minimum Gasteiger partial charge on any atom is -0.452 e. The van der Waals surface area contributed by atoms with E-state index in [-0.39, 0.29) is 23.5 Å². The van der Waals surface area contributed by atoms with Gasteiger partial charge in [-0.1, -0.05) is 38.1 Å². The Hall–Kier alpha value is -2.75. The first-order chi connectivity index (χ1) is 15.4. The summed E-state index contributed by atoms with van der Waals surface area (Å²) in [4.78, 5) is 24.9.